The topological polar surface area (TPSA) is 83.8 Å². The molecule has 0 fully saturated rings. The third kappa shape index (κ3) is 3.30. The van der Waals surface area contributed by atoms with Crippen LogP contribution in [0.15, 0.2) is 24.4 Å². The van der Waals surface area contributed by atoms with E-state index in [0.29, 0.717) is 22.8 Å². The smallest absolute Gasteiger partial charge is 0.253 e. The van der Waals surface area contributed by atoms with Gasteiger partial charge >= 0.3 is 0 Å². The van der Waals surface area contributed by atoms with E-state index in [1.165, 1.54) is 5.56 Å². The Morgan fingerprint density at radius 3 is 3.00 bits per heavy atom. The molecule has 2 aromatic rings. The van der Waals surface area contributed by atoms with Crippen LogP contribution in [0.4, 0.5) is 5.69 Å². The molecule has 5 nitrogen and oxygen atoms in total. The first-order valence-corrected chi connectivity index (χ1v) is 6.78. The number of halogens is 1. The van der Waals surface area contributed by atoms with Gasteiger partial charge in [-0.15, -0.1) is 0 Å². The lowest BCUT2D eigenvalue weighted by Crippen LogP contribution is -2.25. The number of nitrogens with one attached hydrogen (secondary N) is 2. The zero-order valence-electron chi connectivity index (χ0n) is 11.2. The van der Waals surface area contributed by atoms with Crippen molar-refractivity contribution in [2.75, 3.05) is 12.3 Å². The summed E-state index contributed by atoms with van der Waals surface area (Å²) in [7, 11) is 0. The molecule has 0 saturated carbocycles. The van der Waals surface area contributed by atoms with Crippen molar-refractivity contribution in [3.8, 4) is 0 Å². The number of hydrogen-bond acceptors (Lipinski definition) is 3. The van der Waals surface area contributed by atoms with E-state index in [-0.39, 0.29) is 5.91 Å². The summed E-state index contributed by atoms with van der Waals surface area (Å²) in [5.41, 5.74) is 8.74. The number of nitrogens with zero attached hydrogens (tertiary/aromatic N) is 1. The number of carbonyl (C=O) groups excluding carboxylic acids is 1. The highest BCUT2D eigenvalue weighted by atomic mass is 35.5. The summed E-state index contributed by atoms with van der Waals surface area (Å²) in [6.07, 6.45) is 3.52. The molecule has 6 heteroatoms. The predicted octanol–water partition coefficient (Wildman–Crippen LogP) is 2.32. The molecular weight excluding hydrogens is 276 g/mol. The lowest BCUT2D eigenvalue weighted by molar-refractivity contribution is 0.0954. The molecule has 1 amide bonds. The van der Waals surface area contributed by atoms with Crippen molar-refractivity contribution in [1.82, 2.24) is 15.5 Å². The summed E-state index contributed by atoms with van der Waals surface area (Å²) in [5, 5.41) is 10.1. The van der Waals surface area contributed by atoms with Gasteiger partial charge in [-0.05, 0) is 37.5 Å². The highest BCUT2D eigenvalue weighted by Gasteiger charge is 2.11. The number of anilines is 1. The number of carbonyl (C=O) groups is 1. The van der Waals surface area contributed by atoms with Crippen LogP contribution in [0.1, 0.15) is 28.0 Å². The molecule has 20 heavy (non-hydrogen) atoms. The number of amides is 1. The van der Waals surface area contributed by atoms with Crippen LogP contribution in [0.5, 0.6) is 0 Å². The summed E-state index contributed by atoms with van der Waals surface area (Å²) in [4.78, 5) is 12.0. The van der Waals surface area contributed by atoms with Gasteiger partial charge in [-0.25, -0.2) is 0 Å². The van der Waals surface area contributed by atoms with Crippen LogP contribution in [0.3, 0.4) is 0 Å². The summed E-state index contributed by atoms with van der Waals surface area (Å²) in [5.74, 6) is -0.200. The first-order valence-electron chi connectivity index (χ1n) is 6.40. The number of hydrogen-bond donors (Lipinski definition) is 3. The fourth-order valence-corrected chi connectivity index (χ4v) is 2.11. The number of para-hydroxylation sites is 1. The Balaban J connectivity index is 1.84. The molecule has 0 spiro atoms. The number of nitrogen functional groups attached to an aromatic ring is 1. The van der Waals surface area contributed by atoms with Gasteiger partial charge in [-0.1, -0.05) is 17.7 Å². The average Bonchev–Trinajstić information content (AvgIpc) is 2.83. The Labute approximate surface area is 122 Å². The molecular formula is C14H17ClN4O. The molecule has 0 atom stereocenters. The molecule has 0 unspecified atom stereocenters. The number of aromatic nitrogens is 2. The predicted molar refractivity (Wildman–Crippen MR) is 79.8 cm³/mol. The quantitative estimate of drug-likeness (QED) is 0.584. The third-order valence-electron chi connectivity index (χ3n) is 3.14. The van der Waals surface area contributed by atoms with Crippen molar-refractivity contribution in [3.63, 3.8) is 0 Å². The van der Waals surface area contributed by atoms with E-state index in [1.54, 1.807) is 18.2 Å². The Kier molecular flexibility index (Phi) is 4.63. The van der Waals surface area contributed by atoms with Crippen LogP contribution in [-0.4, -0.2) is 22.6 Å². The fraction of sp³-hybridized carbons (Fsp3) is 0.286. The van der Waals surface area contributed by atoms with Gasteiger partial charge in [0.25, 0.3) is 5.91 Å². The SMILES string of the molecule is Cc1[nH]ncc1CCCNC(=O)c1cccc(Cl)c1N. The minimum Gasteiger partial charge on any atom is -0.397 e. The van der Waals surface area contributed by atoms with Crippen molar-refractivity contribution >= 4 is 23.2 Å². The molecule has 1 heterocycles. The van der Waals surface area contributed by atoms with Gasteiger partial charge in [-0.2, -0.15) is 5.10 Å². The molecule has 2 rings (SSSR count). The first-order chi connectivity index (χ1) is 9.59. The van der Waals surface area contributed by atoms with Gasteiger partial charge in [0, 0.05) is 12.2 Å². The van der Waals surface area contributed by atoms with Crippen LogP contribution in [0, 0.1) is 6.92 Å². The Hall–Kier alpha value is -2.01. The Morgan fingerprint density at radius 1 is 1.50 bits per heavy atom. The van der Waals surface area contributed by atoms with Crippen molar-refractivity contribution in [2.45, 2.75) is 19.8 Å². The number of benzene rings is 1. The maximum absolute atomic E-state index is 12.0. The van der Waals surface area contributed by atoms with Crippen LogP contribution in [0.2, 0.25) is 5.02 Å². The summed E-state index contributed by atoms with van der Waals surface area (Å²) >= 11 is 5.89. The summed E-state index contributed by atoms with van der Waals surface area (Å²) in [6.45, 7) is 2.56. The zero-order valence-corrected chi connectivity index (χ0v) is 12.0. The molecule has 0 saturated heterocycles. The molecule has 1 aromatic carbocycles. The van der Waals surface area contributed by atoms with E-state index in [0.717, 1.165) is 18.5 Å². The molecule has 0 aliphatic carbocycles. The lowest BCUT2D eigenvalue weighted by Gasteiger charge is -2.08. The monoisotopic (exact) mass is 292 g/mol. The molecule has 106 valence electrons. The van der Waals surface area contributed by atoms with Crippen LogP contribution < -0.4 is 11.1 Å². The van der Waals surface area contributed by atoms with Crippen molar-refractivity contribution in [1.29, 1.82) is 0 Å². The van der Waals surface area contributed by atoms with Gasteiger partial charge in [0.05, 0.1) is 22.5 Å². The lowest BCUT2D eigenvalue weighted by atomic mass is 10.1. The molecule has 0 aliphatic heterocycles. The van der Waals surface area contributed by atoms with Gasteiger partial charge in [0.1, 0.15) is 0 Å². The van der Waals surface area contributed by atoms with Gasteiger partial charge in [0.2, 0.25) is 0 Å². The van der Waals surface area contributed by atoms with Crippen LogP contribution >= 0.6 is 11.6 Å². The average molecular weight is 293 g/mol. The first kappa shape index (κ1) is 14.4. The third-order valence-corrected chi connectivity index (χ3v) is 3.47. The number of nitrogens with two attached hydrogens (primary N) is 1. The number of aromatic amines is 1. The van der Waals surface area contributed by atoms with Crippen molar-refractivity contribution in [2.24, 2.45) is 0 Å². The van der Waals surface area contributed by atoms with Gasteiger partial charge in [0.15, 0.2) is 0 Å². The van der Waals surface area contributed by atoms with E-state index < -0.39 is 0 Å². The molecule has 0 aliphatic rings. The highest BCUT2D eigenvalue weighted by Crippen LogP contribution is 2.22. The number of rotatable bonds is 5. The molecule has 4 N–H and O–H groups in total. The normalized spacial score (nSPS) is 10.5. The van der Waals surface area contributed by atoms with E-state index in [9.17, 15) is 4.79 Å². The number of H-pyrrole nitrogens is 1. The summed E-state index contributed by atoms with van der Waals surface area (Å²) in [6, 6.07) is 5.04. The standard InChI is InChI=1S/C14H17ClN4O/c1-9-10(8-18-19-9)4-3-7-17-14(20)11-5-2-6-12(15)13(11)16/h2,5-6,8H,3-4,7,16H2,1H3,(H,17,20)(H,18,19). The van der Waals surface area contributed by atoms with Gasteiger partial charge < -0.3 is 11.1 Å². The highest BCUT2D eigenvalue weighted by molar-refractivity contribution is 6.33. The van der Waals surface area contributed by atoms with Crippen LogP contribution in [-0.2, 0) is 6.42 Å². The van der Waals surface area contributed by atoms with Crippen LogP contribution in [0.25, 0.3) is 0 Å². The second kappa shape index (κ2) is 6.43. The van der Waals surface area contributed by atoms with E-state index in [4.69, 9.17) is 17.3 Å². The van der Waals surface area contributed by atoms with Crippen molar-refractivity contribution < 1.29 is 4.79 Å². The largest absolute Gasteiger partial charge is 0.397 e. The molecule has 1 aromatic heterocycles. The molecule has 0 radical (unpaired) electrons. The Morgan fingerprint density at radius 2 is 2.30 bits per heavy atom. The minimum atomic E-state index is -0.200. The van der Waals surface area contributed by atoms with E-state index in [1.807, 2.05) is 13.1 Å². The zero-order chi connectivity index (χ0) is 14.5. The number of aryl methyl sites for hydroxylation is 2. The van der Waals surface area contributed by atoms with Crippen molar-refractivity contribution in [3.05, 3.63) is 46.2 Å². The minimum absolute atomic E-state index is 0.200. The fourth-order valence-electron chi connectivity index (χ4n) is 1.94. The maximum Gasteiger partial charge on any atom is 0.253 e. The van der Waals surface area contributed by atoms with E-state index >= 15 is 0 Å². The molecule has 0 bridgehead atoms. The maximum atomic E-state index is 12.0. The second-order valence-electron chi connectivity index (χ2n) is 4.58. The second-order valence-corrected chi connectivity index (χ2v) is 4.99. The van der Waals surface area contributed by atoms with Gasteiger partial charge in [-0.3, -0.25) is 9.89 Å². The Bertz CT molecular complexity index is 609. The summed E-state index contributed by atoms with van der Waals surface area (Å²) < 4.78 is 0. The van der Waals surface area contributed by atoms with E-state index in [2.05, 4.69) is 15.5 Å².